The Morgan fingerprint density at radius 3 is 2.79 bits per heavy atom. The van der Waals surface area contributed by atoms with Gasteiger partial charge in [-0.25, -0.2) is 9.78 Å². The number of nitrogens with one attached hydrogen (secondary N) is 1. The van der Waals surface area contributed by atoms with Gasteiger partial charge < -0.3 is 0 Å². The first kappa shape index (κ1) is 12.0. The average molecular weight is 274 g/mol. The molecule has 1 aromatic carbocycles. The number of benzene rings is 1. The zero-order valence-corrected chi connectivity index (χ0v) is 11.1. The molecule has 0 aliphatic heterocycles. The summed E-state index contributed by atoms with van der Waals surface area (Å²) in [6.45, 7) is 1.98. The molecule has 0 radical (unpaired) electrons. The fourth-order valence-electron chi connectivity index (χ4n) is 2.24. The number of imidazole rings is 1. The zero-order chi connectivity index (χ0) is 13.4. The van der Waals surface area contributed by atoms with Gasteiger partial charge in [-0.1, -0.05) is 41.9 Å². The summed E-state index contributed by atoms with van der Waals surface area (Å²) in [7, 11) is 0. The Bertz CT molecular complexity index is 776. The SMILES string of the molecule is C[C@@H](c1ccccc1)n1c(=O)[nH]c2ncc(Cl)cc21. The minimum Gasteiger partial charge on any atom is -0.290 e. The first-order valence-corrected chi connectivity index (χ1v) is 6.35. The number of aromatic nitrogens is 3. The third-order valence-electron chi connectivity index (χ3n) is 3.21. The summed E-state index contributed by atoms with van der Waals surface area (Å²) >= 11 is 5.96. The third kappa shape index (κ3) is 2.04. The van der Waals surface area contributed by atoms with E-state index in [1.54, 1.807) is 10.6 Å². The molecule has 0 aliphatic carbocycles. The molecule has 3 rings (SSSR count). The van der Waals surface area contributed by atoms with Gasteiger partial charge in [0.15, 0.2) is 5.65 Å². The largest absolute Gasteiger partial charge is 0.328 e. The van der Waals surface area contributed by atoms with Gasteiger partial charge in [0.2, 0.25) is 0 Å². The first-order valence-electron chi connectivity index (χ1n) is 5.97. The predicted molar refractivity (Wildman–Crippen MR) is 75.6 cm³/mol. The molecule has 2 aromatic heterocycles. The molecule has 5 heteroatoms. The van der Waals surface area contributed by atoms with Crippen molar-refractivity contribution in [1.29, 1.82) is 0 Å². The number of H-pyrrole nitrogens is 1. The number of fused-ring (bicyclic) bond motifs is 1. The molecule has 0 bridgehead atoms. The number of hydrogen-bond acceptors (Lipinski definition) is 2. The number of nitrogens with zero attached hydrogens (tertiary/aromatic N) is 2. The van der Waals surface area contributed by atoms with Gasteiger partial charge >= 0.3 is 5.69 Å². The molecule has 4 nitrogen and oxygen atoms in total. The van der Waals surface area contributed by atoms with Crippen molar-refractivity contribution in [2.24, 2.45) is 0 Å². The maximum Gasteiger partial charge on any atom is 0.328 e. The molecule has 1 atom stereocenters. The van der Waals surface area contributed by atoms with Crippen LogP contribution in [0.25, 0.3) is 11.2 Å². The van der Waals surface area contributed by atoms with Crippen LogP contribution in [-0.2, 0) is 0 Å². The summed E-state index contributed by atoms with van der Waals surface area (Å²) in [5.74, 6) is 0. The summed E-state index contributed by atoms with van der Waals surface area (Å²) in [5, 5.41) is 0.514. The lowest BCUT2D eigenvalue weighted by Crippen LogP contribution is -2.21. The number of aromatic amines is 1. The second-order valence-electron chi connectivity index (χ2n) is 4.41. The van der Waals surface area contributed by atoms with Crippen molar-refractivity contribution in [2.45, 2.75) is 13.0 Å². The Morgan fingerprint density at radius 2 is 2.05 bits per heavy atom. The lowest BCUT2D eigenvalue weighted by molar-refractivity contribution is 0.635. The Kier molecular flexibility index (Phi) is 2.87. The molecule has 96 valence electrons. The lowest BCUT2D eigenvalue weighted by Gasteiger charge is -2.13. The van der Waals surface area contributed by atoms with E-state index >= 15 is 0 Å². The normalized spacial score (nSPS) is 12.7. The monoisotopic (exact) mass is 273 g/mol. The van der Waals surface area contributed by atoms with Crippen LogP contribution >= 0.6 is 11.6 Å². The van der Waals surface area contributed by atoms with Crippen molar-refractivity contribution in [1.82, 2.24) is 14.5 Å². The topological polar surface area (TPSA) is 50.7 Å². The summed E-state index contributed by atoms with van der Waals surface area (Å²) in [4.78, 5) is 19.0. The molecule has 0 amide bonds. The molecule has 1 N–H and O–H groups in total. The maximum absolute atomic E-state index is 12.1. The van der Waals surface area contributed by atoms with Crippen molar-refractivity contribution in [2.75, 3.05) is 0 Å². The molecule has 0 aliphatic rings. The van der Waals surface area contributed by atoms with Crippen molar-refractivity contribution in [3.63, 3.8) is 0 Å². The molecule has 3 aromatic rings. The first-order chi connectivity index (χ1) is 9.16. The Hall–Kier alpha value is -2.07. The van der Waals surface area contributed by atoms with E-state index in [0.29, 0.717) is 16.2 Å². The van der Waals surface area contributed by atoms with E-state index < -0.39 is 0 Å². The van der Waals surface area contributed by atoms with Crippen LogP contribution in [-0.4, -0.2) is 14.5 Å². The van der Waals surface area contributed by atoms with E-state index in [1.165, 1.54) is 6.20 Å². The van der Waals surface area contributed by atoms with Crippen molar-refractivity contribution < 1.29 is 0 Å². The second kappa shape index (κ2) is 4.55. The predicted octanol–water partition coefficient (Wildman–Crippen LogP) is 2.99. The highest BCUT2D eigenvalue weighted by Crippen LogP contribution is 2.21. The van der Waals surface area contributed by atoms with Crippen molar-refractivity contribution >= 4 is 22.8 Å². The highest BCUT2D eigenvalue weighted by molar-refractivity contribution is 6.31. The quantitative estimate of drug-likeness (QED) is 0.780. The highest BCUT2D eigenvalue weighted by Gasteiger charge is 2.15. The van der Waals surface area contributed by atoms with E-state index in [2.05, 4.69) is 9.97 Å². The molecule has 0 saturated carbocycles. The summed E-state index contributed by atoms with van der Waals surface area (Å²) < 4.78 is 1.67. The summed E-state index contributed by atoms with van der Waals surface area (Å²) in [6.07, 6.45) is 1.53. The number of hydrogen-bond donors (Lipinski definition) is 1. The van der Waals surface area contributed by atoms with Crippen LogP contribution in [0.5, 0.6) is 0 Å². The van der Waals surface area contributed by atoms with E-state index in [9.17, 15) is 4.79 Å². The molecule has 0 fully saturated rings. The minimum atomic E-state index is -0.180. The van der Waals surface area contributed by atoms with Gasteiger partial charge in [-0.3, -0.25) is 9.55 Å². The van der Waals surface area contributed by atoms with Crippen LogP contribution in [0.4, 0.5) is 0 Å². The van der Waals surface area contributed by atoms with Gasteiger partial charge in [-0.15, -0.1) is 0 Å². The number of pyridine rings is 1. The standard InChI is InChI=1S/C14H12ClN3O/c1-9(10-5-3-2-4-6-10)18-12-7-11(15)8-16-13(12)17-14(18)19/h2-9H,1H3,(H,16,17,19)/t9-/m0/s1. The fourth-order valence-corrected chi connectivity index (χ4v) is 2.40. The van der Waals surface area contributed by atoms with Gasteiger partial charge in [0.05, 0.1) is 16.6 Å². The maximum atomic E-state index is 12.1. The third-order valence-corrected chi connectivity index (χ3v) is 3.41. The van der Waals surface area contributed by atoms with Crippen molar-refractivity contribution in [3.05, 3.63) is 63.7 Å². The molecule has 0 spiro atoms. The van der Waals surface area contributed by atoms with Gasteiger partial charge in [-0.05, 0) is 18.6 Å². The fraction of sp³-hybridized carbons (Fsp3) is 0.143. The van der Waals surface area contributed by atoms with Crippen LogP contribution in [0.2, 0.25) is 5.02 Å². The van der Waals surface area contributed by atoms with Crippen molar-refractivity contribution in [3.8, 4) is 0 Å². The molecule has 0 unspecified atom stereocenters. The number of halogens is 1. The zero-order valence-electron chi connectivity index (χ0n) is 10.3. The Labute approximate surface area is 114 Å². The van der Waals surface area contributed by atoms with Crippen LogP contribution in [0.1, 0.15) is 18.5 Å². The van der Waals surface area contributed by atoms with E-state index in [0.717, 1.165) is 5.56 Å². The molecule has 0 saturated heterocycles. The van der Waals surface area contributed by atoms with Crippen LogP contribution in [0.15, 0.2) is 47.4 Å². The van der Waals surface area contributed by atoms with Gasteiger partial charge in [0.1, 0.15) is 0 Å². The van der Waals surface area contributed by atoms with Gasteiger partial charge in [0, 0.05) is 6.20 Å². The molecule has 2 heterocycles. The minimum absolute atomic E-state index is 0.0808. The highest BCUT2D eigenvalue weighted by atomic mass is 35.5. The van der Waals surface area contributed by atoms with Gasteiger partial charge in [0.25, 0.3) is 0 Å². The van der Waals surface area contributed by atoms with Gasteiger partial charge in [-0.2, -0.15) is 0 Å². The average Bonchev–Trinajstić information content (AvgIpc) is 2.74. The number of rotatable bonds is 2. The Balaban J connectivity index is 2.22. The second-order valence-corrected chi connectivity index (χ2v) is 4.84. The van der Waals surface area contributed by atoms with E-state index in [4.69, 9.17) is 11.6 Å². The van der Waals surface area contributed by atoms with E-state index in [-0.39, 0.29) is 11.7 Å². The van der Waals surface area contributed by atoms with E-state index in [1.807, 2.05) is 37.3 Å². The smallest absolute Gasteiger partial charge is 0.290 e. The van der Waals surface area contributed by atoms with Crippen LogP contribution in [0.3, 0.4) is 0 Å². The summed E-state index contributed by atoms with van der Waals surface area (Å²) in [6, 6.07) is 11.5. The molecular weight excluding hydrogens is 262 g/mol. The summed E-state index contributed by atoms with van der Waals surface area (Å²) in [5.41, 5.74) is 2.15. The lowest BCUT2D eigenvalue weighted by atomic mass is 10.1. The Morgan fingerprint density at radius 1 is 1.32 bits per heavy atom. The molecular formula is C14H12ClN3O. The van der Waals surface area contributed by atoms with Crippen LogP contribution < -0.4 is 5.69 Å². The van der Waals surface area contributed by atoms with Crippen LogP contribution in [0, 0.1) is 0 Å². The molecule has 19 heavy (non-hydrogen) atoms.